The van der Waals surface area contributed by atoms with Gasteiger partial charge < -0.3 is 39.4 Å². The Hall–Kier alpha value is -2.57. The Bertz CT molecular complexity index is 1110. The summed E-state index contributed by atoms with van der Waals surface area (Å²) >= 11 is 0. The van der Waals surface area contributed by atoms with Crippen molar-refractivity contribution in [1.82, 2.24) is 0 Å². The molecule has 0 aromatic rings. The van der Waals surface area contributed by atoms with Crippen LogP contribution in [0, 0.1) is 0 Å². The van der Waals surface area contributed by atoms with Crippen molar-refractivity contribution in [3.63, 3.8) is 0 Å². The minimum atomic E-state index is -1.86. The van der Waals surface area contributed by atoms with E-state index in [2.05, 4.69) is 50.3 Å². The van der Waals surface area contributed by atoms with Crippen molar-refractivity contribution in [2.24, 2.45) is 0 Å². The number of hydrogen-bond donors (Lipinski definition) is 4. The number of unbranched alkanes of at least 4 members (excludes halogenated alkanes) is 21. The van der Waals surface area contributed by atoms with Crippen molar-refractivity contribution >= 4 is 17.9 Å². The van der Waals surface area contributed by atoms with Crippen LogP contribution < -0.4 is 0 Å². The summed E-state index contributed by atoms with van der Waals surface area (Å²) < 4.78 is 21.7. The zero-order valence-electron chi connectivity index (χ0n) is 36.3. The molecule has 6 unspecified atom stereocenters. The first-order valence-electron chi connectivity index (χ1n) is 23.0. The van der Waals surface area contributed by atoms with Crippen molar-refractivity contribution in [2.45, 2.75) is 230 Å². The largest absolute Gasteiger partial charge is 0.479 e. The Labute approximate surface area is 351 Å². The summed E-state index contributed by atoms with van der Waals surface area (Å²) in [6.45, 7) is 3.70. The minimum absolute atomic E-state index is 0.184. The zero-order valence-corrected chi connectivity index (χ0v) is 36.3. The second-order valence-electron chi connectivity index (χ2n) is 15.9. The van der Waals surface area contributed by atoms with Crippen LogP contribution in [0.3, 0.4) is 0 Å². The second-order valence-corrected chi connectivity index (χ2v) is 15.9. The number of carboxylic acids is 1. The van der Waals surface area contributed by atoms with Gasteiger partial charge in [-0.2, -0.15) is 0 Å². The van der Waals surface area contributed by atoms with E-state index in [1.807, 2.05) is 0 Å². The maximum absolute atomic E-state index is 12.8. The number of aliphatic hydroxyl groups excluding tert-OH is 3. The fourth-order valence-corrected chi connectivity index (χ4v) is 6.89. The molecular formula is C47H82O11. The van der Waals surface area contributed by atoms with Crippen molar-refractivity contribution < 1.29 is 53.8 Å². The molecule has 0 aliphatic carbocycles. The smallest absolute Gasteiger partial charge is 0.335 e. The number of hydrogen-bond acceptors (Lipinski definition) is 10. The number of carbonyl (C=O) groups excluding carboxylic acids is 2. The molecule has 58 heavy (non-hydrogen) atoms. The summed E-state index contributed by atoms with van der Waals surface area (Å²) in [4.78, 5) is 36.8. The minimum Gasteiger partial charge on any atom is -0.479 e. The van der Waals surface area contributed by atoms with E-state index in [1.165, 1.54) is 83.5 Å². The summed E-state index contributed by atoms with van der Waals surface area (Å²) in [7, 11) is 0. The fraction of sp³-hybridized carbons (Fsp3) is 0.809. The highest BCUT2D eigenvalue weighted by Gasteiger charge is 2.47. The molecule has 0 radical (unpaired) electrons. The third-order valence-corrected chi connectivity index (χ3v) is 10.5. The van der Waals surface area contributed by atoms with E-state index in [0.717, 1.165) is 70.6 Å². The van der Waals surface area contributed by atoms with Crippen molar-refractivity contribution in [2.75, 3.05) is 13.2 Å². The molecule has 6 atom stereocenters. The molecule has 11 nitrogen and oxygen atoms in total. The Morgan fingerprint density at radius 3 is 1.53 bits per heavy atom. The number of ether oxygens (including phenoxy) is 4. The van der Waals surface area contributed by atoms with Gasteiger partial charge in [-0.3, -0.25) is 9.59 Å². The van der Waals surface area contributed by atoms with Gasteiger partial charge in [0.05, 0.1) is 6.61 Å². The van der Waals surface area contributed by atoms with Gasteiger partial charge in [-0.05, 0) is 44.9 Å². The molecule has 0 aromatic carbocycles. The lowest BCUT2D eigenvalue weighted by Crippen LogP contribution is -2.60. The van der Waals surface area contributed by atoms with Crippen LogP contribution >= 0.6 is 0 Å². The zero-order chi connectivity index (χ0) is 42.5. The average molecular weight is 823 g/mol. The van der Waals surface area contributed by atoms with E-state index < -0.39 is 61.3 Å². The highest BCUT2D eigenvalue weighted by Crippen LogP contribution is 2.23. The molecule has 0 amide bonds. The Balaban J connectivity index is 2.35. The molecular weight excluding hydrogens is 741 g/mol. The van der Waals surface area contributed by atoms with Crippen LogP contribution in [0.5, 0.6) is 0 Å². The third kappa shape index (κ3) is 28.8. The highest BCUT2D eigenvalue weighted by atomic mass is 16.7. The van der Waals surface area contributed by atoms with Crippen LogP contribution in [0.1, 0.15) is 194 Å². The van der Waals surface area contributed by atoms with E-state index in [9.17, 15) is 34.8 Å². The van der Waals surface area contributed by atoms with Crippen LogP contribution in [0.4, 0.5) is 0 Å². The number of aliphatic hydroxyl groups is 3. The van der Waals surface area contributed by atoms with Gasteiger partial charge in [0.1, 0.15) is 24.9 Å². The maximum atomic E-state index is 12.8. The molecule has 0 aromatic heterocycles. The Kier molecular flexibility index (Phi) is 34.5. The van der Waals surface area contributed by atoms with E-state index in [1.54, 1.807) is 0 Å². The summed E-state index contributed by atoms with van der Waals surface area (Å²) in [6, 6.07) is 0. The molecule has 1 aliphatic heterocycles. The SMILES string of the molecule is CC/C=C\C/C=C\C/C=C\CCCCCCCCCC(=O)OCC(COC1OC(C(=O)O)C(O)C(O)C1O)OC(=O)CCCCCCCCCCCCCCCCC. The van der Waals surface area contributed by atoms with Gasteiger partial charge in [0.15, 0.2) is 18.5 Å². The van der Waals surface area contributed by atoms with Gasteiger partial charge in [-0.15, -0.1) is 0 Å². The lowest BCUT2D eigenvalue weighted by molar-refractivity contribution is -0.298. The molecule has 0 bridgehead atoms. The molecule has 1 aliphatic rings. The predicted octanol–water partition coefficient (Wildman–Crippen LogP) is 9.98. The van der Waals surface area contributed by atoms with E-state index in [0.29, 0.717) is 12.8 Å². The van der Waals surface area contributed by atoms with Crippen molar-refractivity contribution in [1.29, 1.82) is 0 Å². The molecule has 11 heteroatoms. The Morgan fingerprint density at radius 2 is 1.02 bits per heavy atom. The van der Waals surface area contributed by atoms with Crippen LogP contribution in [-0.4, -0.2) is 88.4 Å². The third-order valence-electron chi connectivity index (χ3n) is 10.5. The first-order chi connectivity index (χ1) is 28.2. The number of carboxylic acid groups (broad SMARTS) is 1. The summed E-state index contributed by atoms with van der Waals surface area (Å²) in [5.41, 5.74) is 0. The van der Waals surface area contributed by atoms with Gasteiger partial charge in [0.25, 0.3) is 0 Å². The molecule has 336 valence electrons. The second kappa shape index (κ2) is 37.4. The fourth-order valence-electron chi connectivity index (χ4n) is 6.89. The quantitative estimate of drug-likeness (QED) is 0.0266. The predicted molar refractivity (Wildman–Crippen MR) is 229 cm³/mol. The standard InChI is InChI=1S/C47H82O11/c1-3-5-7-9-11-13-15-17-19-20-22-23-25-27-29-31-33-35-40(48)55-37-39(38-56-47-44(52)42(50)43(51)45(58-47)46(53)54)57-41(49)36-34-32-30-28-26-24-21-18-16-14-12-10-8-6-4-2/h5,7,11,13,17,19,39,42-45,47,50-52H,3-4,6,8-10,12,14-16,18,20-38H2,1-2H3,(H,53,54)/b7-5-,13-11-,19-17-. The lowest BCUT2D eigenvalue weighted by atomic mass is 9.99. The Morgan fingerprint density at radius 1 is 0.552 bits per heavy atom. The van der Waals surface area contributed by atoms with Gasteiger partial charge >= 0.3 is 17.9 Å². The number of carbonyl (C=O) groups is 3. The highest BCUT2D eigenvalue weighted by molar-refractivity contribution is 5.73. The number of rotatable bonds is 38. The van der Waals surface area contributed by atoms with Crippen molar-refractivity contribution in [3.8, 4) is 0 Å². The van der Waals surface area contributed by atoms with Gasteiger partial charge in [-0.1, -0.05) is 172 Å². The van der Waals surface area contributed by atoms with Crippen LogP contribution in [-0.2, 0) is 33.3 Å². The van der Waals surface area contributed by atoms with Gasteiger partial charge in [0, 0.05) is 12.8 Å². The molecule has 1 saturated heterocycles. The molecule has 1 fully saturated rings. The molecule has 1 heterocycles. The monoisotopic (exact) mass is 823 g/mol. The summed E-state index contributed by atoms with van der Waals surface area (Å²) in [6.07, 6.45) is 33.3. The van der Waals surface area contributed by atoms with E-state index in [4.69, 9.17) is 18.9 Å². The molecule has 4 N–H and O–H groups in total. The van der Waals surface area contributed by atoms with Crippen LogP contribution in [0.2, 0.25) is 0 Å². The lowest BCUT2D eigenvalue weighted by Gasteiger charge is -2.38. The summed E-state index contributed by atoms with van der Waals surface area (Å²) in [5.74, 6) is -2.45. The van der Waals surface area contributed by atoms with Gasteiger partial charge in [-0.25, -0.2) is 4.79 Å². The number of allylic oxidation sites excluding steroid dienone is 6. The molecule has 0 spiro atoms. The normalized spacial score (nSPS) is 20.3. The topological polar surface area (TPSA) is 169 Å². The number of aliphatic carboxylic acids is 1. The number of esters is 2. The molecule has 0 saturated carbocycles. The van der Waals surface area contributed by atoms with Crippen LogP contribution in [0.15, 0.2) is 36.5 Å². The first kappa shape index (κ1) is 53.4. The van der Waals surface area contributed by atoms with Crippen molar-refractivity contribution in [3.05, 3.63) is 36.5 Å². The van der Waals surface area contributed by atoms with Crippen LogP contribution in [0.25, 0.3) is 0 Å². The summed E-state index contributed by atoms with van der Waals surface area (Å²) in [5, 5.41) is 39.8. The average Bonchev–Trinajstić information content (AvgIpc) is 3.21. The van der Waals surface area contributed by atoms with Gasteiger partial charge in [0.2, 0.25) is 0 Å². The van der Waals surface area contributed by atoms with E-state index in [-0.39, 0.29) is 19.4 Å². The maximum Gasteiger partial charge on any atom is 0.335 e. The van der Waals surface area contributed by atoms with E-state index >= 15 is 0 Å². The first-order valence-corrected chi connectivity index (χ1v) is 23.0. The molecule has 1 rings (SSSR count).